The Balaban J connectivity index is 1.50. The Bertz CT molecular complexity index is 518. The maximum absolute atomic E-state index is 4.23. The zero-order valence-electron chi connectivity index (χ0n) is 14.1. The van der Waals surface area contributed by atoms with Crippen molar-refractivity contribution < 1.29 is 0 Å². The molecule has 2 atom stereocenters. The van der Waals surface area contributed by atoms with Gasteiger partial charge < -0.3 is 4.90 Å². The summed E-state index contributed by atoms with van der Waals surface area (Å²) in [6, 6.07) is 9.88. The van der Waals surface area contributed by atoms with E-state index in [1.165, 1.54) is 43.2 Å². The molecule has 1 aliphatic heterocycles. The van der Waals surface area contributed by atoms with E-state index in [0.717, 1.165) is 12.8 Å². The van der Waals surface area contributed by atoms with E-state index in [9.17, 15) is 0 Å². The summed E-state index contributed by atoms with van der Waals surface area (Å²) in [5.41, 5.74) is 2.72. The van der Waals surface area contributed by atoms with Gasteiger partial charge in [-0.3, -0.25) is 9.97 Å². The topological polar surface area (TPSA) is 29.0 Å². The van der Waals surface area contributed by atoms with Gasteiger partial charge in [0.2, 0.25) is 0 Å². The molecule has 0 spiro atoms. The minimum atomic E-state index is 0.711. The molecule has 0 saturated carbocycles. The van der Waals surface area contributed by atoms with Gasteiger partial charge in [0.25, 0.3) is 0 Å². The Morgan fingerprint density at radius 3 is 1.87 bits per heavy atom. The van der Waals surface area contributed by atoms with Gasteiger partial charge in [0, 0.05) is 36.9 Å². The van der Waals surface area contributed by atoms with Gasteiger partial charge in [0.15, 0.2) is 0 Å². The first kappa shape index (κ1) is 16.1. The lowest BCUT2D eigenvalue weighted by molar-refractivity contribution is 0.102. The van der Waals surface area contributed by atoms with Gasteiger partial charge in [-0.25, -0.2) is 0 Å². The van der Waals surface area contributed by atoms with Gasteiger partial charge in [-0.2, -0.15) is 0 Å². The highest BCUT2D eigenvalue weighted by molar-refractivity contribution is 5.10. The van der Waals surface area contributed by atoms with Crippen molar-refractivity contribution in [3.63, 3.8) is 0 Å². The molecule has 2 aromatic rings. The maximum Gasteiger partial charge on any atom is 0.0299 e. The van der Waals surface area contributed by atoms with Crippen LogP contribution in [0.15, 0.2) is 49.1 Å². The van der Waals surface area contributed by atoms with E-state index in [4.69, 9.17) is 0 Å². The quantitative estimate of drug-likeness (QED) is 0.810. The number of aromatic nitrogens is 2. The van der Waals surface area contributed by atoms with Crippen molar-refractivity contribution in [1.82, 2.24) is 14.9 Å². The summed E-state index contributed by atoms with van der Waals surface area (Å²) in [4.78, 5) is 11.1. The van der Waals surface area contributed by atoms with Gasteiger partial charge in [-0.1, -0.05) is 18.6 Å². The number of hydrogen-bond acceptors (Lipinski definition) is 3. The highest BCUT2D eigenvalue weighted by Crippen LogP contribution is 2.27. The number of rotatable bonds is 6. The van der Waals surface area contributed by atoms with Crippen LogP contribution in [0.3, 0.4) is 0 Å². The van der Waals surface area contributed by atoms with Crippen molar-refractivity contribution >= 4 is 0 Å². The molecule has 0 radical (unpaired) electrons. The first-order valence-corrected chi connectivity index (χ1v) is 8.82. The van der Waals surface area contributed by atoms with Gasteiger partial charge in [-0.15, -0.1) is 0 Å². The molecule has 1 saturated heterocycles. The predicted molar refractivity (Wildman–Crippen MR) is 94.3 cm³/mol. The number of nitrogens with zero attached hydrogens (tertiary/aromatic N) is 3. The van der Waals surface area contributed by atoms with E-state index in [1.807, 2.05) is 36.9 Å². The maximum atomic E-state index is 4.23. The largest absolute Gasteiger partial charge is 0.300 e. The fourth-order valence-corrected chi connectivity index (χ4v) is 3.75. The minimum Gasteiger partial charge on any atom is -0.300 e. The molecule has 2 aromatic heterocycles. The van der Waals surface area contributed by atoms with E-state index in [0.29, 0.717) is 12.1 Å². The second kappa shape index (κ2) is 8.21. The first-order valence-electron chi connectivity index (χ1n) is 8.82. The molecule has 0 N–H and O–H groups in total. The van der Waals surface area contributed by atoms with Crippen molar-refractivity contribution in [3.05, 3.63) is 60.2 Å². The van der Waals surface area contributed by atoms with Crippen molar-refractivity contribution in [2.75, 3.05) is 7.05 Å². The van der Waals surface area contributed by atoms with Gasteiger partial charge in [0.1, 0.15) is 0 Å². The van der Waals surface area contributed by atoms with Crippen molar-refractivity contribution in [3.8, 4) is 0 Å². The second-order valence-corrected chi connectivity index (χ2v) is 6.70. The number of hydrogen-bond donors (Lipinski definition) is 0. The van der Waals surface area contributed by atoms with E-state index in [1.54, 1.807) is 0 Å². The van der Waals surface area contributed by atoms with E-state index >= 15 is 0 Å². The van der Waals surface area contributed by atoms with Crippen LogP contribution in [0.1, 0.15) is 43.2 Å². The molecule has 23 heavy (non-hydrogen) atoms. The molecular formula is C20H27N3. The van der Waals surface area contributed by atoms with Crippen LogP contribution in [0.5, 0.6) is 0 Å². The van der Waals surface area contributed by atoms with E-state index < -0.39 is 0 Å². The number of likely N-dealkylation sites (tertiary alicyclic amines) is 1. The van der Waals surface area contributed by atoms with Gasteiger partial charge in [0.05, 0.1) is 0 Å². The lowest BCUT2D eigenvalue weighted by atomic mass is 9.90. The monoisotopic (exact) mass is 309 g/mol. The summed E-state index contributed by atoms with van der Waals surface area (Å²) < 4.78 is 0. The van der Waals surface area contributed by atoms with Crippen LogP contribution in [0, 0.1) is 0 Å². The third kappa shape index (κ3) is 4.61. The third-order valence-electron chi connectivity index (χ3n) is 5.20. The molecule has 1 aliphatic rings. The Morgan fingerprint density at radius 1 is 0.913 bits per heavy atom. The first-order chi connectivity index (χ1) is 11.3. The van der Waals surface area contributed by atoms with Crippen molar-refractivity contribution in [2.24, 2.45) is 0 Å². The summed E-state index contributed by atoms with van der Waals surface area (Å²) in [7, 11) is 2.32. The fraction of sp³-hybridized carbons (Fsp3) is 0.500. The normalized spacial score (nSPS) is 22.1. The molecule has 122 valence electrons. The molecule has 0 unspecified atom stereocenters. The standard InChI is InChI=1S/C20H27N3/c1-23-19(11-9-17-5-3-13-21-15-17)7-2-8-20(23)12-10-18-6-4-14-22-16-18/h3-6,13-16,19-20H,2,7-12H2,1H3/t19-,20+. The highest BCUT2D eigenvalue weighted by atomic mass is 15.2. The molecular weight excluding hydrogens is 282 g/mol. The molecule has 3 heterocycles. The summed E-state index contributed by atoms with van der Waals surface area (Å²) in [6.45, 7) is 0. The van der Waals surface area contributed by atoms with Crippen LogP contribution in [-0.4, -0.2) is 34.0 Å². The smallest absolute Gasteiger partial charge is 0.0299 e. The van der Waals surface area contributed by atoms with E-state index in [2.05, 4.69) is 34.0 Å². The van der Waals surface area contributed by atoms with Crippen LogP contribution in [-0.2, 0) is 12.8 Å². The van der Waals surface area contributed by atoms with Crippen LogP contribution in [0.25, 0.3) is 0 Å². The molecule has 3 rings (SSSR count). The SMILES string of the molecule is CN1[C@@H](CCc2cccnc2)CCC[C@H]1CCc1cccnc1. The predicted octanol–water partition coefficient (Wildman–Crippen LogP) is 3.89. The zero-order chi connectivity index (χ0) is 15.9. The van der Waals surface area contributed by atoms with Gasteiger partial charge in [-0.05, 0) is 68.8 Å². The zero-order valence-corrected chi connectivity index (χ0v) is 14.1. The molecule has 0 aliphatic carbocycles. The summed E-state index contributed by atoms with van der Waals surface area (Å²) in [6.07, 6.45) is 16.5. The Kier molecular flexibility index (Phi) is 5.76. The Labute approximate surface area is 139 Å². The number of piperidine rings is 1. The highest BCUT2D eigenvalue weighted by Gasteiger charge is 2.26. The van der Waals surface area contributed by atoms with Crippen molar-refractivity contribution in [2.45, 2.75) is 57.0 Å². The molecule has 3 nitrogen and oxygen atoms in total. The van der Waals surface area contributed by atoms with Crippen molar-refractivity contribution in [1.29, 1.82) is 0 Å². The average molecular weight is 309 g/mol. The van der Waals surface area contributed by atoms with E-state index in [-0.39, 0.29) is 0 Å². The minimum absolute atomic E-state index is 0.711. The molecule has 3 heteroatoms. The van der Waals surface area contributed by atoms with Crippen LogP contribution in [0.2, 0.25) is 0 Å². The Morgan fingerprint density at radius 2 is 1.43 bits per heavy atom. The molecule has 0 bridgehead atoms. The number of aryl methyl sites for hydroxylation is 2. The Hall–Kier alpha value is -1.74. The summed E-state index contributed by atoms with van der Waals surface area (Å²) in [5.74, 6) is 0. The molecule has 1 fully saturated rings. The van der Waals surface area contributed by atoms with Crippen LogP contribution in [0.4, 0.5) is 0 Å². The molecule has 0 aromatic carbocycles. The number of pyridine rings is 2. The van der Waals surface area contributed by atoms with Gasteiger partial charge >= 0.3 is 0 Å². The second-order valence-electron chi connectivity index (χ2n) is 6.70. The van der Waals surface area contributed by atoms with Crippen LogP contribution >= 0.6 is 0 Å². The average Bonchev–Trinajstić information content (AvgIpc) is 2.61. The third-order valence-corrected chi connectivity index (χ3v) is 5.20. The molecule has 0 amide bonds. The summed E-state index contributed by atoms with van der Waals surface area (Å²) in [5, 5.41) is 0. The van der Waals surface area contributed by atoms with Crippen LogP contribution < -0.4 is 0 Å². The fourth-order valence-electron chi connectivity index (χ4n) is 3.75. The lowest BCUT2D eigenvalue weighted by Gasteiger charge is -2.40. The summed E-state index contributed by atoms with van der Waals surface area (Å²) >= 11 is 0. The lowest BCUT2D eigenvalue weighted by Crippen LogP contribution is -2.44.